The van der Waals surface area contributed by atoms with Crippen LogP contribution in [0.25, 0.3) is 0 Å². The summed E-state index contributed by atoms with van der Waals surface area (Å²) in [4.78, 5) is 7.56. The Morgan fingerprint density at radius 3 is 2.68 bits per heavy atom. The fourth-order valence-corrected chi connectivity index (χ4v) is 2.57. The fourth-order valence-electron chi connectivity index (χ4n) is 1.37. The first kappa shape index (κ1) is 13.6. The van der Waals surface area contributed by atoms with E-state index in [-0.39, 0.29) is 21.6 Å². The van der Waals surface area contributed by atoms with Gasteiger partial charge in [0.15, 0.2) is 0 Å². The zero-order valence-corrected chi connectivity index (χ0v) is 11.5. The minimum atomic E-state index is -3.78. The minimum absolute atomic E-state index is 0.0741. The van der Waals surface area contributed by atoms with E-state index in [1.54, 1.807) is 12.1 Å². The Bertz CT molecular complexity index is 718. The monoisotopic (exact) mass is 298 g/mol. The van der Waals surface area contributed by atoms with Gasteiger partial charge < -0.3 is 5.73 Å². The van der Waals surface area contributed by atoms with Crippen LogP contribution in [0.4, 0.5) is 11.6 Å². The molecule has 100 valence electrons. The van der Waals surface area contributed by atoms with Crippen LogP contribution in [-0.4, -0.2) is 18.4 Å². The molecule has 0 aromatic carbocycles. The van der Waals surface area contributed by atoms with Crippen LogP contribution in [0.15, 0.2) is 35.5 Å². The van der Waals surface area contributed by atoms with Gasteiger partial charge in [-0.15, -0.1) is 0 Å². The molecule has 0 aliphatic rings. The number of nitrogens with two attached hydrogens (primary N) is 1. The lowest BCUT2D eigenvalue weighted by molar-refractivity contribution is 0.600. The molecular weight excluding hydrogens is 288 g/mol. The Morgan fingerprint density at radius 2 is 2.05 bits per heavy atom. The third kappa shape index (κ3) is 3.12. The molecule has 0 aliphatic carbocycles. The highest BCUT2D eigenvalue weighted by molar-refractivity contribution is 7.92. The molecule has 0 atom stereocenters. The minimum Gasteiger partial charge on any atom is -0.382 e. The van der Waals surface area contributed by atoms with Crippen molar-refractivity contribution < 1.29 is 8.42 Å². The first-order valence-corrected chi connectivity index (χ1v) is 7.11. The molecule has 2 rings (SSSR count). The molecule has 2 aromatic rings. The topological polar surface area (TPSA) is 98.0 Å². The molecule has 6 nitrogen and oxygen atoms in total. The standard InChI is InChI=1S/C11H11ClN4O2S/c1-7-2-3-14-10(4-7)16-19(17,18)8-5-9(12)11(13)15-6-8/h2-6H,1H3,(H2,13,15)(H,14,16). The summed E-state index contributed by atoms with van der Waals surface area (Å²) >= 11 is 5.75. The van der Waals surface area contributed by atoms with Crippen LogP contribution in [0.2, 0.25) is 5.02 Å². The SMILES string of the molecule is Cc1ccnc(NS(=O)(=O)c2cnc(N)c(Cl)c2)c1. The van der Waals surface area contributed by atoms with Gasteiger partial charge in [0.25, 0.3) is 10.0 Å². The second-order valence-electron chi connectivity index (χ2n) is 3.86. The van der Waals surface area contributed by atoms with Crippen molar-refractivity contribution in [2.24, 2.45) is 0 Å². The molecule has 2 aromatic heterocycles. The number of halogens is 1. The summed E-state index contributed by atoms with van der Waals surface area (Å²) in [6.07, 6.45) is 2.65. The number of rotatable bonds is 3. The Balaban J connectivity index is 2.35. The van der Waals surface area contributed by atoms with Crippen LogP contribution >= 0.6 is 11.6 Å². The van der Waals surface area contributed by atoms with Gasteiger partial charge >= 0.3 is 0 Å². The number of nitrogens with zero attached hydrogens (tertiary/aromatic N) is 2. The maximum absolute atomic E-state index is 12.1. The summed E-state index contributed by atoms with van der Waals surface area (Å²) in [5, 5.41) is 0.0834. The maximum atomic E-state index is 12.1. The van der Waals surface area contributed by atoms with E-state index < -0.39 is 10.0 Å². The van der Waals surface area contributed by atoms with Crippen LogP contribution < -0.4 is 10.5 Å². The van der Waals surface area contributed by atoms with Gasteiger partial charge in [0.05, 0.1) is 5.02 Å². The van der Waals surface area contributed by atoms with E-state index in [0.717, 1.165) is 11.8 Å². The van der Waals surface area contributed by atoms with Crippen LogP contribution in [0, 0.1) is 6.92 Å². The van der Waals surface area contributed by atoms with Crippen molar-refractivity contribution >= 4 is 33.3 Å². The number of hydrogen-bond acceptors (Lipinski definition) is 5. The molecule has 0 fully saturated rings. The molecule has 0 saturated carbocycles. The molecule has 2 heterocycles. The third-order valence-electron chi connectivity index (χ3n) is 2.31. The first-order chi connectivity index (χ1) is 8.88. The van der Waals surface area contributed by atoms with Crippen LogP contribution in [0.1, 0.15) is 5.56 Å². The first-order valence-electron chi connectivity index (χ1n) is 5.25. The Morgan fingerprint density at radius 1 is 1.32 bits per heavy atom. The average molecular weight is 299 g/mol. The molecule has 0 saturated heterocycles. The van der Waals surface area contributed by atoms with E-state index in [0.29, 0.717) is 0 Å². The van der Waals surface area contributed by atoms with Crippen molar-refractivity contribution in [1.29, 1.82) is 0 Å². The van der Waals surface area contributed by atoms with Crippen molar-refractivity contribution in [3.05, 3.63) is 41.2 Å². The molecule has 3 N–H and O–H groups in total. The molecule has 0 bridgehead atoms. The van der Waals surface area contributed by atoms with E-state index in [1.807, 2.05) is 6.92 Å². The number of pyridine rings is 2. The predicted octanol–water partition coefficient (Wildman–Crippen LogP) is 1.82. The van der Waals surface area contributed by atoms with E-state index in [9.17, 15) is 8.42 Å². The summed E-state index contributed by atoms with van der Waals surface area (Å²) in [7, 11) is -3.78. The molecule has 0 unspecified atom stereocenters. The second kappa shape index (κ2) is 5.02. The summed E-state index contributed by atoms with van der Waals surface area (Å²) in [5.41, 5.74) is 6.32. The third-order valence-corrected chi connectivity index (χ3v) is 3.93. The Labute approximate surface area is 115 Å². The van der Waals surface area contributed by atoms with E-state index in [4.69, 9.17) is 17.3 Å². The number of nitrogens with one attached hydrogen (secondary N) is 1. The fraction of sp³-hybridized carbons (Fsp3) is 0.0909. The van der Waals surface area contributed by atoms with Gasteiger partial charge in [0, 0.05) is 12.4 Å². The molecule has 0 radical (unpaired) electrons. The lowest BCUT2D eigenvalue weighted by atomic mass is 10.3. The second-order valence-corrected chi connectivity index (χ2v) is 5.95. The van der Waals surface area contributed by atoms with Gasteiger partial charge in [-0.1, -0.05) is 11.6 Å². The van der Waals surface area contributed by atoms with Gasteiger partial charge in [-0.25, -0.2) is 18.4 Å². The zero-order valence-electron chi connectivity index (χ0n) is 9.96. The Hall–Kier alpha value is -1.86. The van der Waals surface area contributed by atoms with E-state index in [1.165, 1.54) is 12.3 Å². The zero-order chi connectivity index (χ0) is 14.0. The number of aromatic nitrogens is 2. The molecule has 19 heavy (non-hydrogen) atoms. The molecule has 0 aliphatic heterocycles. The molecule has 0 amide bonds. The molecule has 0 spiro atoms. The lowest BCUT2D eigenvalue weighted by Crippen LogP contribution is -2.14. The number of aryl methyl sites for hydroxylation is 1. The highest BCUT2D eigenvalue weighted by Crippen LogP contribution is 2.21. The van der Waals surface area contributed by atoms with Crippen LogP contribution in [0.3, 0.4) is 0 Å². The van der Waals surface area contributed by atoms with Crippen molar-refractivity contribution in [2.45, 2.75) is 11.8 Å². The average Bonchev–Trinajstić information content (AvgIpc) is 2.32. The number of hydrogen-bond donors (Lipinski definition) is 2. The van der Waals surface area contributed by atoms with Crippen molar-refractivity contribution in [3.8, 4) is 0 Å². The summed E-state index contributed by atoms with van der Waals surface area (Å²) < 4.78 is 26.5. The summed E-state index contributed by atoms with van der Waals surface area (Å²) in [6.45, 7) is 1.83. The van der Waals surface area contributed by atoms with Crippen LogP contribution in [-0.2, 0) is 10.0 Å². The summed E-state index contributed by atoms with van der Waals surface area (Å²) in [6, 6.07) is 4.62. The van der Waals surface area contributed by atoms with Crippen molar-refractivity contribution in [1.82, 2.24) is 9.97 Å². The number of anilines is 2. The van der Waals surface area contributed by atoms with E-state index in [2.05, 4.69) is 14.7 Å². The van der Waals surface area contributed by atoms with Crippen molar-refractivity contribution in [2.75, 3.05) is 10.5 Å². The normalized spacial score (nSPS) is 11.3. The van der Waals surface area contributed by atoms with Gasteiger partial charge in [0.2, 0.25) is 0 Å². The quantitative estimate of drug-likeness (QED) is 0.900. The Kier molecular flexibility index (Phi) is 3.59. The highest BCUT2D eigenvalue weighted by Gasteiger charge is 2.16. The summed E-state index contributed by atoms with van der Waals surface area (Å²) in [5.74, 6) is 0.308. The van der Waals surface area contributed by atoms with E-state index >= 15 is 0 Å². The molecule has 8 heteroatoms. The lowest BCUT2D eigenvalue weighted by Gasteiger charge is -2.08. The smallest absolute Gasteiger partial charge is 0.264 e. The predicted molar refractivity (Wildman–Crippen MR) is 73.4 cm³/mol. The molecular formula is C11H11ClN4O2S. The van der Waals surface area contributed by atoms with Crippen molar-refractivity contribution in [3.63, 3.8) is 0 Å². The van der Waals surface area contributed by atoms with Gasteiger partial charge in [-0.2, -0.15) is 0 Å². The maximum Gasteiger partial charge on any atom is 0.264 e. The van der Waals surface area contributed by atoms with Crippen LogP contribution in [0.5, 0.6) is 0 Å². The number of nitrogen functional groups attached to an aromatic ring is 1. The number of sulfonamides is 1. The van der Waals surface area contributed by atoms with Gasteiger partial charge in [0.1, 0.15) is 16.5 Å². The largest absolute Gasteiger partial charge is 0.382 e. The van der Waals surface area contributed by atoms with Gasteiger partial charge in [-0.05, 0) is 30.7 Å². The van der Waals surface area contributed by atoms with Gasteiger partial charge in [-0.3, -0.25) is 4.72 Å². The highest BCUT2D eigenvalue weighted by atomic mass is 35.5.